The Balaban J connectivity index is 0.00000180. The topological polar surface area (TPSA) is 50.2 Å². The van der Waals surface area contributed by atoms with Crippen molar-refractivity contribution in [2.24, 2.45) is 7.05 Å². The van der Waals surface area contributed by atoms with E-state index in [1.54, 1.807) is 6.20 Å². The molecule has 1 N–H and O–H groups in total. The molecule has 1 amide bonds. The van der Waals surface area contributed by atoms with Gasteiger partial charge >= 0.3 is 0 Å². The van der Waals surface area contributed by atoms with E-state index in [1.807, 2.05) is 29.8 Å². The van der Waals surface area contributed by atoms with Gasteiger partial charge in [-0.05, 0) is 19.9 Å². The molecule has 5 nitrogen and oxygen atoms in total. The number of hydrogen-bond donors (Lipinski definition) is 1. The van der Waals surface area contributed by atoms with E-state index in [2.05, 4.69) is 10.3 Å². The predicted molar refractivity (Wildman–Crippen MR) is 77.4 cm³/mol. The van der Waals surface area contributed by atoms with Gasteiger partial charge in [-0.2, -0.15) is 0 Å². The predicted octanol–water partition coefficient (Wildman–Crippen LogP) is 0.985. The minimum absolute atomic E-state index is 0. The number of piperidine rings is 1. The lowest BCUT2D eigenvalue weighted by molar-refractivity contribution is -0.132. The maximum atomic E-state index is 12.1. The molecule has 0 saturated carbocycles. The quantitative estimate of drug-likeness (QED) is 0.898. The van der Waals surface area contributed by atoms with Gasteiger partial charge in [0.2, 0.25) is 5.91 Å². The fourth-order valence-corrected chi connectivity index (χ4v) is 2.43. The lowest BCUT2D eigenvalue weighted by atomic mass is 10.0. The SMILES string of the molecule is CNC1CCN(C(=O)CCc2nccn2C)CC1.Cl. The number of imidazole rings is 1. The van der Waals surface area contributed by atoms with Crippen molar-refractivity contribution in [1.82, 2.24) is 19.8 Å². The lowest BCUT2D eigenvalue weighted by Crippen LogP contribution is -2.44. The number of carbonyl (C=O) groups excluding carboxylic acids is 1. The molecule has 0 radical (unpaired) electrons. The largest absolute Gasteiger partial charge is 0.343 e. The van der Waals surface area contributed by atoms with Gasteiger partial charge in [-0.1, -0.05) is 0 Å². The van der Waals surface area contributed by atoms with E-state index in [9.17, 15) is 4.79 Å². The van der Waals surface area contributed by atoms with Crippen LogP contribution in [0.15, 0.2) is 12.4 Å². The average molecular weight is 287 g/mol. The van der Waals surface area contributed by atoms with E-state index >= 15 is 0 Å². The van der Waals surface area contributed by atoms with Gasteiger partial charge in [0.05, 0.1) is 0 Å². The third kappa shape index (κ3) is 4.21. The molecule has 0 aliphatic carbocycles. The van der Waals surface area contributed by atoms with E-state index in [-0.39, 0.29) is 18.3 Å². The summed E-state index contributed by atoms with van der Waals surface area (Å²) >= 11 is 0. The van der Waals surface area contributed by atoms with Crippen molar-refractivity contribution >= 4 is 18.3 Å². The highest BCUT2D eigenvalue weighted by atomic mass is 35.5. The molecule has 6 heteroatoms. The smallest absolute Gasteiger partial charge is 0.223 e. The molecule has 1 saturated heterocycles. The Morgan fingerprint density at radius 3 is 2.68 bits per heavy atom. The Labute approximate surface area is 120 Å². The van der Waals surface area contributed by atoms with Gasteiger partial charge in [0.15, 0.2) is 0 Å². The summed E-state index contributed by atoms with van der Waals surface area (Å²) in [6.07, 6.45) is 7.11. The molecular formula is C13H23ClN4O. The van der Waals surface area contributed by atoms with Crippen LogP contribution in [-0.2, 0) is 18.3 Å². The van der Waals surface area contributed by atoms with Gasteiger partial charge in [0.25, 0.3) is 0 Å². The van der Waals surface area contributed by atoms with Crippen molar-refractivity contribution in [3.8, 4) is 0 Å². The van der Waals surface area contributed by atoms with Gasteiger partial charge in [-0.15, -0.1) is 12.4 Å². The van der Waals surface area contributed by atoms with E-state index in [0.717, 1.165) is 38.2 Å². The highest BCUT2D eigenvalue weighted by Crippen LogP contribution is 2.12. The number of halogens is 1. The molecule has 108 valence electrons. The van der Waals surface area contributed by atoms with Crippen LogP contribution in [0.5, 0.6) is 0 Å². The van der Waals surface area contributed by atoms with Crippen molar-refractivity contribution in [2.75, 3.05) is 20.1 Å². The molecule has 0 bridgehead atoms. The van der Waals surface area contributed by atoms with Crippen LogP contribution in [0.3, 0.4) is 0 Å². The second kappa shape index (κ2) is 7.50. The van der Waals surface area contributed by atoms with Gasteiger partial charge in [0, 0.05) is 51.4 Å². The third-order valence-corrected chi connectivity index (χ3v) is 3.74. The summed E-state index contributed by atoms with van der Waals surface area (Å²) in [5.74, 6) is 1.24. The fourth-order valence-electron chi connectivity index (χ4n) is 2.43. The van der Waals surface area contributed by atoms with Crippen molar-refractivity contribution in [3.63, 3.8) is 0 Å². The Kier molecular flexibility index (Phi) is 6.31. The Morgan fingerprint density at radius 1 is 1.47 bits per heavy atom. The van der Waals surface area contributed by atoms with Crippen molar-refractivity contribution in [1.29, 1.82) is 0 Å². The summed E-state index contributed by atoms with van der Waals surface area (Å²) < 4.78 is 1.97. The number of carbonyl (C=O) groups is 1. The van der Waals surface area contributed by atoms with Gasteiger partial charge in [-0.3, -0.25) is 4.79 Å². The first kappa shape index (κ1) is 16.0. The van der Waals surface area contributed by atoms with E-state index < -0.39 is 0 Å². The number of rotatable bonds is 4. The first-order valence-corrected chi connectivity index (χ1v) is 6.62. The molecule has 2 rings (SSSR count). The van der Waals surface area contributed by atoms with Gasteiger partial charge in [0.1, 0.15) is 5.82 Å². The van der Waals surface area contributed by atoms with E-state index in [1.165, 1.54) is 0 Å². The maximum Gasteiger partial charge on any atom is 0.223 e. The monoisotopic (exact) mass is 286 g/mol. The van der Waals surface area contributed by atoms with Crippen LogP contribution in [0.2, 0.25) is 0 Å². The summed E-state index contributed by atoms with van der Waals surface area (Å²) in [4.78, 5) is 18.3. The Hall–Kier alpha value is -1.07. The van der Waals surface area contributed by atoms with Crippen LogP contribution in [0, 0.1) is 0 Å². The second-order valence-electron chi connectivity index (χ2n) is 4.90. The minimum Gasteiger partial charge on any atom is -0.343 e. The number of aromatic nitrogens is 2. The maximum absolute atomic E-state index is 12.1. The summed E-state index contributed by atoms with van der Waals surface area (Å²) in [5.41, 5.74) is 0. The number of hydrogen-bond acceptors (Lipinski definition) is 3. The Morgan fingerprint density at radius 2 is 2.16 bits per heavy atom. The lowest BCUT2D eigenvalue weighted by Gasteiger charge is -2.31. The average Bonchev–Trinajstić information content (AvgIpc) is 2.81. The molecule has 0 spiro atoms. The van der Waals surface area contributed by atoms with Crippen LogP contribution >= 0.6 is 12.4 Å². The zero-order chi connectivity index (χ0) is 13.0. The number of nitrogens with one attached hydrogen (secondary N) is 1. The molecule has 1 aliphatic rings. The standard InChI is InChI=1S/C13H22N4O.ClH/c1-14-11-5-8-17(9-6-11)13(18)4-3-12-15-7-10-16(12)2;/h7,10-11,14H,3-6,8-9H2,1-2H3;1H. The summed E-state index contributed by atoms with van der Waals surface area (Å²) in [6, 6.07) is 0.573. The molecule has 1 fully saturated rings. The Bertz CT molecular complexity index is 399. The summed E-state index contributed by atoms with van der Waals surface area (Å²) in [5, 5.41) is 3.27. The number of nitrogens with zero attached hydrogens (tertiary/aromatic N) is 3. The second-order valence-corrected chi connectivity index (χ2v) is 4.90. The van der Waals surface area contributed by atoms with Gasteiger partial charge < -0.3 is 14.8 Å². The number of amides is 1. The normalized spacial score (nSPS) is 16.2. The van der Waals surface area contributed by atoms with Crippen LogP contribution in [-0.4, -0.2) is 46.5 Å². The molecule has 1 aliphatic heterocycles. The van der Waals surface area contributed by atoms with Crippen molar-refractivity contribution in [3.05, 3.63) is 18.2 Å². The van der Waals surface area contributed by atoms with Crippen LogP contribution < -0.4 is 5.32 Å². The van der Waals surface area contributed by atoms with Crippen molar-refractivity contribution < 1.29 is 4.79 Å². The molecule has 19 heavy (non-hydrogen) atoms. The molecule has 0 aromatic carbocycles. The van der Waals surface area contributed by atoms with Gasteiger partial charge in [-0.25, -0.2) is 4.98 Å². The summed E-state index contributed by atoms with van der Waals surface area (Å²) in [7, 11) is 3.95. The molecule has 2 heterocycles. The zero-order valence-electron chi connectivity index (χ0n) is 11.6. The number of likely N-dealkylation sites (tertiary alicyclic amines) is 1. The minimum atomic E-state index is 0. The molecule has 0 unspecified atom stereocenters. The third-order valence-electron chi connectivity index (χ3n) is 3.74. The number of aryl methyl sites for hydroxylation is 2. The highest BCUT2D eigenvalue weighted by Gasteiger charge is 2.21. The van der Waals surface area contributed by atoms with E-state index in [4.69, 9.17) is 0 Å². The highest BCUT2D eigenvalue weighted by molar-refractivity contribution is 5.85. The first-order valence-electron chi connectivity index (χ1n) is 6.62. The molecular weight excluding hydrogens is 264 g/mol. The fraction of sp³-hybridized carbons (Fsp3) is 0.692. The van der Waals surface area contributed by atoms with Crippen LogP contribution in [0.4, 0.5) is 0 Å². The summed E-state index contributed by atoms with van der Waals surface area (Å²) in [6.45, 7) is 1.76. The van der Waals surface area contributed by atoms with Crippen molar-refractivity contribution in [2.45, 2.75) is 31.7 Å². The molecule has 1 aromatic heterocycles. The van der Waals surface area contributed by atoms with E-state index in [0.29, 0.717) is 12.5 Å². The first-order chi connectivity index (χ1) is 8.70. The van der Waals surface area contributed by atoms with Crippen LogP contribution in [0.25, 0.3) is 0 Å². The zero-order valence-corrected chi connectivity index (χ0v) is 12.4. The van der Waals surface area contributed by atoms with Crippen LogP contribution in [0.1, 0.15) is 25.1 Å². The molecule has 1 aromatic rings. The molecule has 0 atom stereocenters.